The Morgan fingerprint density at radius 3 is 2.90 bits per heavy atom. The Labute approximate surface area is 130 Å². The Hall–Kier alpha value is -1.33. The molecule has 4 heterocycles. The lowest BCUT2D eigenvalue weighted by atomic mass is 9.78. The standard InChI is InChI=1S/C15H20N4O.ClH/c20-15(13-9-19-5-3-10(13)4-6-19)17-12-2-1-11-8-16-18-14(11)7-12;/h1-2,7-8,10-11,13-14,18H,3-6,9H2,(H,17,20);1H. The maximum absolute atomic E-state index is 12.5. The molecule has 3 fully saturated rings. The van der Waals surface area contributed by atoms with Crippen molar-refractivity contribution >= 4 is 24.5 Å². The summed E-state index contributed by atoms with van der Waals surface area (Å²) in [6.07, 6.45) is 10.4. The van der Waals surface area contributed by atoms with E-state index in [2.05, 4.69) is 32.9 Å². The Kier molecular flexibility index (Phi) is 4.04. The number of nitrogens with one attached hydrogen (secondary N) is 2. The number of piperidine rings is 3. The smallest absolute Gasteiger partial charge is 0.229 e. The van der Waals surface area contributed by atoms with Gasteiger partial charge in [0.25, 0.3) is 0 Å². The number of nitrogens with zero attached hydrogens (tertiary/aromatic N) is 2. The molecular formula is C15H21ClN4O. The largest absolute Gasteiger partial charge is 0.326 e. The van der Waals surface area contributed by atoms with Crippen LogP contribution < -0.4 is 10.7 Å². The molecule has 0 saturated carbocycles. The van der Waals surface area contributed by atoms with Crippen molar-refractivity contribution in [2.75, 3.05) is 19.6 Å². The van der Waals surface area contributed by atoms with Crippen LogP contribution in [0, 0.1) is 17.8 Å². The van der Waals surface area contributed by atoms with Gasteiger partial charge >= 0.3 is 0 Å². The Morgan fingerprint density at radius 1 is 1.38 bits per heavy atom. The lowest BCUT2D eigenvalue weighted by Gasteiger charge is -2.44. The average molecular weight is 309 g/mol. The van der Waals surface area contributed by atoms with E-state index in [0.717, 1.165) is 12.2 Å². The van der Waals surface area contributed by atoms with Crippen molar-refractivity contribution in [3.63, 3.8) is 0 Å². The molecule has 2 N–H and O–H groups in total. The summed E-state index contributed by atoms with van der Waals surface area (Å²) in [5, 5.41) is 7.17. The van der Waals surface area contributed by atoms with Gasteiger partial charge in [0.1, 0.15) is 0 Å². The number of carbonyl (C=O) groups is 1. The molecule has 6 heteroatoms. The van der Waals surface area contributed by atoms with Crippen molar-refractivity contribution < 1.29 is 4.79 Å². The second-order valence-electron chi connectivity index (χ2n) is 6.23. The predicted octanol–water partition coefficient (Wildman–Crippen LogP) is 0.894. The maximum Gasteiger partial charge on any atom is 0.229 e. The highest BCUT2D eigenvalue weighted by molar-refractivity contribution is 5.85. The van der Waals surface area contributed by atoms with Gasteiger partial charge in [-0.25, -0.2) is 0 Å². The molecule has 114 valence electrons. The van der Waals surface area contributed by atoms with Crippen LogP contribution in [0.1, 0.15) is 12.8 Å². The van der Waals surface area contributed by atoms with Crippen molar-refractivity contribution in [2.45, 2.75) is 18.9 Å². The summed E-state index contributed by atoms with van der Waals surface area (Å²) < 4.78 is 0. The summed E-state index contributed by atoms with van der Waals surface area (Å²) in [7, 11) is 0. The third-order valence-electron chi connectivity index (χ3n) is 5.00. The summed E-state index contributed by atoms with van der Waals surface area (Å²) in [4.78, 5) is 14.9. The fraction of sp³-hybridized carbons (Fsp3) is 0.600. The number of hydrogen-bond donors (Lipinski definition) is 2. The van der Waals surface area contributed by atoms with Gasteiger partial charge in [0.15, 0.2) is 0 Å². The zero-order valence-electron chi connectivity index (χ0n) is 11.9. The van der Waals surface area contributed by atoms with Crippen LogP contribution in [0.15, 0.2) is 29.0 Å². The first-order chi connectivity index (χ1) is 9.79. The summed E-state index contributed by atoms with van der Waals surface area (Å²) in [6.45, 7) is 3.27. The zero-order valence-corrected chi connectivity index (χ0v) is 12.7. The van der Waals surface area contributed by atoms with Crippen LogP contribution in [-0.4, -0.2) is 42.7 Å². The molecular weight excluding hydrogens is 288 g/mol. The van der Waals surface area contributed by atoms with Crippen molar-refractivity contribution in [1.82, 2.24) is 15.6 Å². The molecule has 5 aliphatic rings. The second kappa shape index (κ2) is 5.81. The summed E-state index contributed by atoms with van der Waals surface area (Å²) in [5.74, 6) is 1.26. The number of fused-ring (bicyclic) bond motifs is 4. The number of hydrogen-bond acceptors (Lipinski definition) is 4. The molecule has 0 aromatic heterocycles. The van der Waals surface area contributed by atoms with Crippen LogP contribution in [0.5, 0.6) is 0 Å². The normalized spacial score (nSPS) is 39.0. The fourth-order valence-electron chi connectivity index (χ4n) is 3.76. The van der Waals surface area contributed by atoms with Crippen LogP contribution in [0.2, 0.25) is 0 Å². The predicted molar refractivity (Wildman–Crippen MR) is 84.2 cm³/mol. The van der Waals surface area contributed by atoms with Crippen molar-refractivity contribution in [1.29, 1.82) is 0 Å². The molecule has 1 aliphatic carbocycles. The Bertz CT molecular complexity index is 508. The third kappa shape index (κ3) is 2.72. The number of carbonyl (C=O) groups excluding carboxylic acids is 1. The number of rotatable bonds is 2. The second-order valence-corrected chi connectivity index (χ2v) is 6.23. The first kappa shape index (κ1) is 14.6. The van der Waals surface area contributed by atoms with Crippen molar-refractivity contribution in [3.05, 3.63) is 23.9 Å². The number of hydrazone groups is 1. The van der Waals surface area contributed by atoms with Gasteiger partial charge in [0.2, 0.25) is 5.91 Å². The van der Waals surface area contributed by atoms with Crippen LogP contribution in [0.3, 0.4) is 0 Å². The minimum absolute atomic E-state index is 0. The van der Waals surface area contributed by atoms with Crippen LogP contribution in [-0.2, 0) is 4.79 Å². The van der Waals surface area contributed by atoms with Gasteiger partial charge in [-0.2, -0.15) is 5.10 Å². The van der Waals surface area contributed by atoms with Gasteiger partial charge in [-0.1, -0.05) is 6.08 Å². The van der Waals surface area contributed by atoms with Crippen molar-refractivity contribution in [3.8, 4) is 0 Å². The molecule has 21 heavy (non-hydrogen) atoms. The molecule has 3 atom stereocenters. The van der Waals surface area contributed by atoms with Crippen molar-refractivity contribution in [2.24, 2.45) is 22.9 Å². The molecule has 5 nitrogen and oxygen atoms in total. The lowest BCUT2D eigenvalue weighted by molar-refractivity contribution is -0.130. The molecule has 0 spiro atoms. The van der Waals surface area contributed by atoms with Crippen LogP contribution >= 0.6 is 12.4 Å². The minimum Gasteiger partial charge on any atom is -0.326 e. The van der Waals surface area contributed by atoms with Gasteiger partial charge in [-0.15, -0.1) is 12.4 Å². The topological polar surface area (TPSA) is 56.7 Å². The molecule has 0 radical (unpaired) electrons. The van der Waals surface area contributed by atoms with Crippen LogP contribution in [0.4, 0.5) is 0 Å². The van der Waals surface area contributed by atoms with E-state index in [1.54, 1.807) is 0 Å². The molecule has 5 rings (SSSR count). The van der Waals surface area contributed by atoms with Crippen LogP contribution in [0.25, 0.3) is 0 Å². The van der Waals surface area contributed by atoms with E-state index in [4.69, 9.17) is 0 Å². The van der Waals surface area contributed by atoms with Gasteiger partial charge in [0.05, 0.1) is 12.0 Å². The molecule has 3 unspecified atom stereocenters. The fourth-order valence-corrected chi connectivity index (χ4v) is 3.76. The first-order valence-corrected chi connectivity index (χ1v) is 7.51. The van der Waals surface area contributed by atoms with E-state index in [0.29, 0.717) is 11.8 Å². The highest BCUT2D eigenvalue weighted by Crippen LogP contribution is 2.32. The van der Waals surface area contributed by atoms with E-state index < -0.39 is 0 Å². The summed E-state index contributed by atoms with van der Waals surface area (Å²) in [5.41, 5.74) is 3.96. The first-order valence-electron chi connectivity index (χ1n) is 7.51. The van der Waals surface area contributed by atoms with E-state index in [1.807, 2.05) is 12.3 Å². The zero-order chi connectivity index (χ0) is 13.5. The van der Waals surface area contributed by atoms with E-state index in [9.17, 15) is 4.79 Å². The molecule has 4 aliphatic heterocycles. The summed E-state index contributed by atoms with van der Waals surface area (Å²) in [6, 6.07) is 0.196. The van der Waals surface area contributed by atoms with Gasteiger partial charge < -0.3 is 15.6 Å². The van der Waals surface area contributed by atoms with E-state index in [-0.39, 0.29) is 30.3 Å². The quantitative estimate of drug-likeness (QED) is 0.797. The maximum atomic E-state index is 12.5. The molecule has 3 saturated heterocycles. The van der Waals surface area contributed by atoms with Gasteiger partial charge in [-0.05, 0) is 44.0 Å². The Morgan fingerprint density at radius 2 is 2.19 bits per heavy atom. The third-order valence-corrected chi connectivity index (χ3v) is 5.00. The SMILES string of the molecule is Cl.O=C(NC1=CC2NN=CC2C=C1)C1CN2CCC1CC2. The molecule has 0 aromatic rings. The average Bonchev–Trinajstić information content (AvgIpc) is 2.96. The van der Waals surface area contributed by atoms with Gasteiger partial charge in [0, 0.05) is 24.4 Å². The Balaban J connectivity index is 0.00000132. The minimum atomic E-state index is 0. The number of amides is 1. The molecule has 2 bridgehead atoms. The number of allylic oxidation sites excluding steroid dienone is 1. The number of halogens is 1. The monoisotopic (exact) mass is 308 g/mol. The van der Waals surface area contributed by atoms with E-state index >= 15 is 0 Å². The molecule has 1 amide bonds. The summed E-state index contributed by atoms with van der Waals surface area (Å²) >= 11 is 0. The van der Waals surface area contributed by atoms with Gasteiger partial charge in [-0.3, -0.25) is 4.79 Å². The molecule has 0 aromatic carbocycles. The highest BCUT2D eigenvalue weighted by atomic mass is 35.5. The van der Waals surface area contributed by atoms with E-state index in [1.165, 1.54) is 25.9 Å². The lowest BCUT2D eigenvalue weighted by Crippen LogP contribution is -2.52. The highest BCUT2D eigenvalue weighted by Gasteiger charge is 2.38.